The Hall–Kier alpha value is -2.92. The highest BCUT2D eigenvalue weighted by Crippen LogP contribution is 2.32. The molecule has 0 amide bonds. The van der Waals surface area contributed by atoms with Crippen LogP contribution in [0.5, 0.6) is 5.88 Å². The zero-order chi connectivity index (χ0) is 23.3. The summed E-state index contributed by atoms with van der Waals surface area (Å²) in [6.07, 6.45) is 4.01. The third-order valence-corrected chi connectivity index (χ3v) is 6.64. The first-order valence-electron chi connectivity index (χ1n) is 11.5. The first-order valence-corrected chi connectivity index (χ1v) is 12.2. The summed E-state index contributed by atoms with van der Waals surface area (Å²) in [6.45, 7) is 2.61. The predicted molar refractivity (Wildman–Crippen MR) is 138 cm³/mol. The molecule has 3 aromatic carbocycles. The molecule has 1 fully saturated rings. The van der Waals surface area contributed by atoms with Crippen LogP contribution in [0.15, 0.2) is 85.1 Å². The number of aromatic nitrogens is 2. The van der Waals surface area contributed by atoms with Gasteiger partial charge in [-0.1, -0.05) is 77.8 Å². The van der Waals surface area contributed by atoms with Gasteiger partial charge in [0.1, 0.15) is 12.3 Å². The molecule has 2 heterocycles. The van der Waals surface area contributed by atoms with Crippen molar-refractivity contribution in [2.75, 3.05) is 13.2 Å². The maximum absolute atomic E-state index is 6.19. The smallest absolute Gasteiger partial charge is 0.232 e. The van der Waals surface area contributed by atoms with Crippen LogP contribution in [0.3, 0.4) is 0 Å². The van der Waals surface area contributed by atoms with Crippen LogP contribution in [-0.2, 0) is 6.54 Å². The maximum atomic E-state index is 6.19. The molecule has 4 aromatic rings. The molecule has 0 saturated carbocycles. The molecule has 34 heavy (non-hydrogen) atoms. The van der Waals surface area contributed by atoms with E-state index in [0.717, 1.165) is 42.0 Å². The van der Waals surface area contributed by atoms with Gasteiger partial charge in [-0.2, -0.15) is 0 Å². The highest BCUT2D eigenvalue weighted by Gasteiger charge is 2.25. The van der Waals surface area contributed by atoms with Gasteiger partial charge in [-0.3, -0.25) is 4.90 Å². The quantitative estimate of drug-likeness (QED) is 0.276. The van der Waals surface area contributed by atoms with E-state index in [9.17, 15) is 0 Å². The minimum Gasteiger partial charge on any atom is -0.475 e. The number of rotatable bonds is 7. The average Bonchev–Trinajstić information content (AvgIpc) is 3.31. The minimum absolute atomic E-state index is 0.358. The topological polar surface area (TPSA) is 38.2 Å². The van der Waals surface area contributed by atoms with Crippen molar-refractivity contribution in [2.24, 2.45) is 0 Å². The fourth-order valence-corrected chi connectivity index (χ4v) is 4.61. The molecular formula is C28H25Cl2N3O. The summed E-state index contributed by atoms with van der Waals surface area (Å²) < 4.78 is 6.19. The van der Waals surface area contributed by atoms with E-state index < -0.39 is 0 Å². The van der Waals surface area contributed by atoms with Crippen LogP contribution in [0, 0.1) is 0 Å². The van der Waals surface area contributed by atoms with Gasteiger partial charge in [0, 0.05) is 33.8 Å². The molecule has 1 saturated heterocycles. The number of nitrogens with zero attached hydrogens (tertiary/aromatic N) is 3. The SMILES string of the molecule is Clc1ccc(-c2ncc(OC[C@@H]3CCCN3Cc3ccccc3)nc2-c2ccc(Cl)cc2)cc1. The van der Waals surface area contributed by atoms with Gasteiger partial charge in [0.15, 0.2) is 0 Å². The third kappa shape index (κ3) is 5.41. The molecule has 4 nitrogen and oxygen atoms in total. The van der Waals surface area contributed by atoms with Crippen LogP contribution >= 0.6 is 23.2 Å². The van der Waals surface area contributed by atoms with Gasteiger partial charge in [-0.15, -0.1) is 0 Å². The summed E-state index contributed by atoms with van der Waals surface area (Å²) in [5.74, 6) is 0.522. The van der Waals surface area contributed by atoms with Crippen molar-refractivity contribution >= 4 is 23.2 Å². The van der Waals surface area contributed by atoms with Crippen LogP contribution in [-0.4, -0.2) is 34.1 Å². The molecule has 1 atom stereocenters. The monoisotopic (exact) mass is 489 g/mol. The van der Waals surface area contributed by atoms with Gasteiger partial charge in [0.25, 0.3) is 0 Å². The molecule has 5 rings (SSSR count). The Kier molecular flexibility index (Phi) is 7.10. The zero-order valence-corrected chi connectivity index (χ0v) is 20.2. The van der Waals surface area contributed by atoms with Crippen molar-refractivity contribution < 1.29 is 4.74 Å². The van der Waals surface area contributed by atoms with Gasteiger partial charge in [-0.25, -0.2) is 9.97 Å². The molecule has 1 aromatic heterocycles. The summed E-state index contributed by atoms with van der Waals surface area (Å²) in [5, 5.41) is 1.36. The first kappa shape index (κ1) is 22.9. The number of hydrogen-bond acceptors (Lipinski definition) is 4. The van der Waals surface area contributed by atoms with Gasteiger partial charge >= 0.3 is 0 Å². The zero-order valence-electron chi connectivity index (χ0n) is 18.7. The highest BCUT2D eigenvalue weighted by atomic mass is 35.5. The van der Waals surface area contributed by atoms with Crippen LogP contribution in [0.2, 0.25) is 10.0 Å². The van der Waals surface area contributed by atoms with E-state index in [1.54, 1.807) is 6.20 Å². The van der Waals surface area contributed by atoms with Crippen molar-refractivity contribution in [1.29, 1.82) is 0 Å². The fraction of sp³-hybridized carbons (Fsp3) is 0.214. The molecule has 0 aliphatic carbocycles. The highest BCUT2D eigenvalue weighted by molar-refractivity contribution is 6.31. The molecule has 6 heteroatoms. The lowest BCUT2D eigenvalue weighted by atomic mass is 10.0. The number of ether oxygens (including phenoxy) is 1. The Morgan fingerprint density at radius 3 is 2.15 bits per heavy atom. The maximum Gasteiger partial charge on any atom is 0.232 e. The number of benzene rings is 3. The van der Waals surface area contributed by atoms with E-state index >= 15 is 0 Å². The van der Waals surface area contributed by atoms with E-state index in [1.165, 1.54) is 12.0 Å². The number of halogens is 2. The summed E-state index contributed by atoms with van der Waals surface area (Å²) in [6, 6.07) is 26.2. The van der Waals surface area contributed by atoms with Gasteiger partial charge in [0.2, 0.25) is 5.88 Å². The van der Waals surface area contributed by atoms with E-state index in [0.29, 0.717) is 28.6 Å². The van der Waals surface area contributed by atoms with Gasteiger partial charge in [0.05, 0.1) is 11.9 Å². The fourth-order valence-electron chi connectivity index (χ4n) is 4.36. The van der Waals surface area contributed by atoms with Crippen LogP contribution in [0.1, 0.15) is 18.4 Å². The second-order valence-corrected chi connectivity index (χ2v) is 9.36. The van der Waals surface area contributed by atoms with E-state index in [2.05, 4.69) is 35.2 Å². The summed E-state index contributed by atoms with van der Waals surface area (Å²) in [5.41, 5.74) is 4.73. The molecular weight excluding hydrogens is 465 g/mol. The summed E-state index contributed by atoms with van der Waals surface area (Å²) in [7, 11) is 0. The van der Waals surface area contributed by atoms with Crippen LogP contribution in [0.4, 0.5) is 0 Å². The minimum atomic E-state index is 0.358. The summed E-state index contributed by atoms with van der Waals surface area (Å²) >= 11 is 12.2. The molecule has 0 spiro atoms. The van der Waals surface area contributed by atoms with E-state index in [4.69, 9.17) is 37.9 Å². The Bertz CT molecular complexity index is 1230. The van der Waals surface area contributed by atoms with E-state index in [1.807, 2.05) is 48.5 Å². The normalized spacial score (nSPS) is 16.0. The Labute approximate surface area is 210 Å². The Morgan fingerprint density at radius 1 is 0.824 bits per heavy atom. The second-order valence-electron chi connectivity index (χ2n) is 8.48. The largest absolute Gasteiger partial charge is 0.475 e. The van der Waals surface area contributed by atoms with Gasteiger partial charge < -0.3 is 4.74 Å². The van der Waals surface area contributed by atoms with E-state index in [-0.39, 0.29) is 0 Å². The van der Waals surface area contributed by atoms with Crippen molar-refractivity contribution in [2.45, 2.75) is 25.4 Å². The number of hydrogen-bond donors (Lipinski definition) is 0. The lowest BCUT2D eigenvalue weighted by Crippen LogP contribution is -2.33. The molecule has 1 aliphatic heterocycles. The molecule has 172 valence electrons. The third-order valence-electron chi connectivity index (χ3n) is 6.14. The first-order chi connectivity index (χ1) is 16.7. The molecule has 0 radical (unpaired) electrons. The molecule has 1 aliphatic rings. The van der Waals surface area contributed by atoms with Crippen molar-refractivity contribution in [1.82, 2.24) is 14.9 Å². The van der Waals surface area contributed by atoms with Crippen LogP contribution in [0.25, 0.3) is 22.5 Å². The molecule has 0 bridgehead atoms. The Morgan fingerprint density at radius 2 is 1.47 bits per heavy atom. The van der Waals surface area contributed by atoms with Gasteiger partial charge in [-0.05, 0) is 49.2 Å². The number of likely N-dealkylation sites (tertiary alicyclic amines) is 1. The Balaban J connectivity index is 1.37. The second kappa shape index (κ2) is 10.6. The average molecular weight is 490 g/mol. The van der Waals surface area contributed by atoms with Crippen molar-refractivity contribution in [3.8, 4) is 28.4 Å². The molecule has 0 N–H and O–H groups in total. The summed E-state index contributed by atoms with van der Waals surface area (Å²) in [4.78, 5) is 12.1. The lowest BCUT2D eigenvalue weighted by molar-refractivity contribution is 0.163. The molecule has 0 unspecified atom stereocenters. The van der Waals surface area contributed by atoms with Crippen molar-refractivity contribution in [3.05, 3.63) is 101 Å². The predicted octanol–water partition coefficient (Wildman–Crippen LogP) is 7.16. The lowest BCUT2D eigenvalue weighted by Gasteiger charge is -2.24. The standard InChI is InChI=1S/C28H25Cl2N3O/c29-23-12-8-21(9-13-23)27-28(22-10-14-24(30)15-11-22)32-26(17-31-27)34-19-25-7-4-16-33(25)18-20-5-2-1-3-6-20/h1-3,5-6,8-15,17,25H,4,7,16,18-19H2/t25-/m0/s1. The van der Waals surface area contributed by atoms with Crippen molar-refractivity contribution in [3.63, 3.8) is 0 Å². The van der Waals surface area contributed by atoms with Crippen LogP contribution < -0.4 is 4.74 Å².